The van der Waals surface area contributed by atoms with E-state index in [1.165, 1.54) is 0 Å². The van der Waals surface area contributed by atoms with E-state index in [0.29, 0.717) is 22.9 Å². The average molecular weight is 309 g/mol. The van der Waals surface area contributed by atoms with Crippen LogP contribution in [0.4, 0.5) is 11.4 Å². The van der Waals surface area contributed by atoms with Crippen LogP contribution in [0.1, 0.15) is 18.7 Å². The van der Waals surface area contributed by atoms with E-state index in [9.17, 15) is 0 Å². The molecule has 2 aromatic carbocycles. The number of rotatable bonds is 5. The number of nitrogens with two attached hydrogens (primary N) is 2. The van der Waals surface area contributed by atoms with Crippen LogP contribution < -0.4 is 20.9 Å². The van der Waals surface area contributed by atoms with E-state index in [-0.39, 0.29) is 6.10 Å². The minimum atomic E-state index is -0.0475. The molecule has 0 bridgehead atoms. The summed E-state index contributed by atoms with van der Waals surface area (Å²) < 4.78 is 11.6. The number of nitrogens with one attached hydrogen (secondary N) is 1. The van der Waals surface area contributed by atoms with Crippen molar-refractivity contribution >= 4 is 11.4 Å². The van der Waals surface area contributed by atoms with Gasteiger partial charge in [0.15, 0.2) is 0 Å². The van der Waals surface area contributed by atoms with Crippen LogP contribution in [0.5, 0.6) is 17.2 Å². The molecule has 3 aromatic rings. The number of benzene rings is 2. The van der Waals surface area contributed by atoms with Gasteiger partial charge in [-0.2, -0.15) is 0 Å². The monoisotopic (exact) mass is 309 g/mol. The largest absolute Gasteiger partial charge is 0.485 e. The summed E-state index contributed by atoms with van der Waals surface area (Å²) in [6.07, 6.45) is 1.83. The number of H-pyrrole nitrogens is 1. The van der Waals surface area contributed by atoms with Gasteiger partial charge in [0.05, 0.1) is 17.1 Å². The first kappa shape index (κ1) is 14.8. The molecule has 1 unspecified atom stereocenters. The van der Waals surface area contributed by atoms with Crippen LogP contribution in [0.3, 0.4) is 0 Å². The highest BCUT2D eigenvalue weighted by molar-refractivity contribution is 5.65. The van der Waals surface area contributed by atoms with Crippen molar-refractivity contribution in [2.75, 3.05) is 11.5 Å². The molecule has 0 radical (unpaired) electrons. The Morgan fingerprint density at radius 3 is 2.22 bits per heavy atom. The second-order valence-corrected chi connectivity index (χ2v) is 5.25. The zero-order valence-electron chi connectivity index (χ0n) is 12.8. The lowest BCUT2D eigenvalue weighted by Gasteiger charge is -2.14. The van der Waals surface area contributed by atoms with E-state index < -0.39 is 0 Å². The third-order valence-corrected chi connectivity index (χ3v) is 3.49. The lowest BCUT2D eigenvalue weighted by atomic mass is 10.2. The predicted molar refractivity (Wildman–Crippen MR) is 91.6 cm³/mol. The van der Waals surface area contributed by atoms with Crippen molar-refractivity contribution in [3.63, 3.8) is 0 Å². The Balaban J connectivity index is 1.66. The first-order chi connectivity index (χ1) is 11.1. The number of hydrogen-bond donors (Lipinski definition) is 3. The molecule has 23 heavy (non-hydrogen) atoms. The van der Waals surface area contributed by atoms with E-state index in [2.05, 4.69) is 4.98 Å². The van der Waals surface area contributed by atoms with Crippen LogP contribution in [0, 0.1) is 0 Å². The Bertz CT molecular complexity index is 767. The molecule has 1 atom stereocenters. The van der Waals surface area contributed by atoms with Gasteiger partial charge < -0.3 is 25.9 Å². The fourth-order valence-corrected chi connectivity index (χ4v) is 2.20. The summed E-state index contributed by atoms with van der Waals surface area (Å²) in [4.78, 5) is 3.14. The highest BCUT2D eigenvalue weighted by Crippen LogP contribution is 2.28. The molecule has 0 aliphatic rings. The van der Waals surface area contributed by atoms with Gasteiger partial charge in [0.1, 0.15) is 23.4 Å². The molecule has 3 rings (SSSR count). The number of hydrogen-bond acceptors (Lipinski definition) is 4. The maximum atomic E-state index is 5.88. The van der Waals surface area contributed by atoms with Crippen LogP contribution >= 0.6 is 0 Å². The van der Waals surface area contributed by atoms with E-state index in [0.717, 1.165) is 11.4 Å². The molecule has 0 aliphatic heterocycles. The van der Waals surface area contributed by atoms with Crippen molar-refractivity contribution < 1.29 is 9.47 Å². The standard InChI is InChI=1S/C18H19N3O2/c1-12(18-3-2-10-21-18)22-13-4-6-14(7-5-13)23-15-8-9-16(19)17(20)11-15/h2-12,21H,19-20H2,1H3. The van der Waals surface area contributed by atoms with E-state index in [4.69, 9.17) is 20.9 Å². The van der Waals surface area contributed by atoms with Gasteiger partial charge in [0.25, 0.3) is 0 Å². The van der Waals surface area contributed by atoms with Crippen LogP contribution in [-0.4, -0.2) is 4.98 Å². The average Bonchev–Trinajstić information content (AvgIpc) is 3.07. The Labute approximate surface area is 134 Å². The topological polar surface area (TPSA) is 86.3 Å². The zero-order chi connectivity index (χ0) is 16.2. The minimum Gasteiger partial charge on any atom is -0.485 e. The van der Waals surface area contributed by atoms with Crippen molar-refractivity contribution in [3.05, 3.63) is 66.5 Å². The maximum Gasteiger partial charge on any atom is 0.136 e. The molecule has 0 saturated heterocycles. The van der Waals surface area contributed by atoms with Gasteiger partial charge in [0, 0.05) is 12.3 Å². The predicted octanol–water partition coefficient (Wildman–Crippen LogP) is 4.11. The second kappa shape index (κ2) is 6.36. The van der Waals surface area contributed by atoms with Gasteiger partial charge in [-0.1, -0.05) is 0 Å². The number of aromatic nitrogens is 1. The quantitative estimate of drug-likeness (QED) is 0.619. The molecular formula is C18H19N3O2. The first-order valence-corrected chi connectivity index (χ1v) is 7.34. The highest BCUT2D eigenvalue weighted by atomic mass is 16.5. The van der Waals surface area contributed by atoms with Crippen LogP contribution in [0.25, 0.3) is 0 Å². The van der Waals surface area contributed by atoms with Crippen molar-refractivity contribution in [2.45, 2.75) is 13.0 Å². The Hall–Kier alpha value is -3.08. The van der Waals surface area contributed by atoms with E-state index >= 15 is 0 Å². The SMILES string of the molecule is CC(Oc1ccc(Oc2ccc(N)c(N)c2)cc1)c1ccc[nH]1. The molecule has 5 heteroatoms. The summed E-state index contributed by atoms with van der Waals surface area (Å²) in [6.45, 7) is 1.99. The molecule has 1 aromatic heterocycles. The van der Waals surface area contributed by atoms with E-state index in [1.54, 1.807) is 18.2 Å². The van der Waals surface area contributed by atoms with E-state index in [1.807, 2.05) is 49.5 Å². The molecular weight excluding hydrogens is 290 g/mol. The lowest BCUT2D eigenvalue weighted by molar-refractivity contribution is 0.222. The Morgan fingerprint density at radius 1 is 0.870 bits per heavy atom. The molecule has 0 amide bonds. The zero-order valence-corrected chi connectivity index (χ0v) is 12.8. The third-order valence-electron chi connectivity index (χ3n) is 3.49. The van der Waals surface area contributed by atoms with Crippen LogP contribution in [-0.2, 0) is 0 Å². The van der Waals surface area contributed by atoms with Crippen molar-refractivity contribution in [2.24, 2.45) is 0 Å². The molecule has 0 aliphatic carbocycles. The fraction of sp³-hybridized carbons (Fsp3) is 0.111. The summed E-state index contributed by atoms with van der Waals surface area (Å²) in [5.41, 5.74) is 13.5. The first-order valence-electron chi connectivity index (χ1n) is 7.34. The highest BCUT2D eigenvalue weighted by Gasteiger charge is 2.08. The van der Waals surface area contributed by atoms with Crippen molar-refractivity contribution in [1.29, 1.82) is 0 Å². The normalized spacial score (nSPS) is 11.9. The molecule has 5 nitrogen and oxygen atoms in total. The lowest BCUT2D eigenvalue weighted by Crippen LogP contribution is -2.03. The van der Waals surface area contributed by atoms with Crippen LogP contribution in [0.15, 0.2) is 60.8 Å². The number of nitrogen functional groups attached to an aromatic ring is 2. The van der Waals surface area contributed by atoms with Gasteiger partial charge in [-0.25, -0.2) is 0 Å². The molecule has 118 valence electrons. The molecule has 0 fully saturated rings. The van der Waals surface area contributed by atoms with Gasteiger partial charge in [-0.15, -0.1) is 0 Å². The number of ether oxygens (including phenoxy) is 2. The van der Waals surface area contributed by atoms with Crippen LogP contribution in [0.2, 0.25) is 0 Å². The molecule has 0 saturated carbocycles. The van der Waals surface area contributed by atoms with Crippen molar-refractivity contribution in [3.8, 4) is 17.2 Å². The summed E-state index contributed by atoms with van der Waals surface area (Å²) in [6, 6.07) is 16.6. The molecule has 1 heterocycles. The second-order valence-electron chi connectivity index (χ2n) is 5.25. The minimum absolute atomic E-state index is 0.0475. The summed E-state index contributed by atoms with van der Waals surface area (Å²) in [5, 5.41) is 0. The van der Waals surface area contributed by atoms with Gasteiger partial charge in [-0.05, 0) is 55.5 Å². The number of aromatic amines is 1. The summed E-state index contributed by atoms with van der Waals surface area (Å²) >= 11 is 0. The summed E-state index contributed by atoms with van der Waals surface area (Å²) in [7, 11) is 0. The third kappa shape index (κ3) is 3.58. The smallest absolute Gasteiger partial charge is 0.136 e. The van der Waals surface area contributed by atoms with Gasteiger partial charge in [-0.3, -0.25) is 0 Å². The Kier molecular flexibility index (Phi) is 4.10. The molecule has 5 N–H and O–H groups in total. The number of anilines is 2. The molecule has 0 spiro atoms. The summed E-state index contributed by atoms with van der Waals surface area (Å²) in [5.74, 6) is 2.12. The fourth-order valence-electron chi connectivity index (χ4n) is 2.20. The van der Waals surface area contributed by atoms with Gasteiger partial charge in [0.2, 0.25) is 0 Å². The Morgan fingerprint density at radius 2 is 1.57 bits per heavy atom. The van der Waals surface area contributed by atoms with Gasteiger partial charge >= 0.3 is 0 Å². The maximum absolute atomic E-state index is 5.88. The van der Waals surface area contributed by atoms with Crippen molar-refractivity contribution in [1.82, 2.24) is 4.98 Å².